The molecule has 10 heteroatoms. The highest BCUT2D eigenvalue weighted by atomic mass is 32.1. The number of amides is 1. The largest absolute Gasteiger partial charge is 0.394 e. The second-order valence-electron chi connectivity index (χ2n) is 7.83. The molecule has 0 aliphatic rings. The van der Waals surface area contributed by atoms with Crippen molar-refractivity contribution in [2.24, 2.45) is 0 Å². The van der Waals surface area contributed by atoms with Gasteiger partial charge in [-0.1, -0.05) is 19.4 Å². The molecular formula is C23H27N7O2S. The van der Waals surface area contributed by atoms with Crippen LogP contribution >= 0.6 is 11.3 Å². The maximum Gasteiger partial charge on any atom is 0.255 e. The molecule has 0 unspecified atom stereocenters. The van der Waals surface area contributed by atoms with Gasteiger partial charge >= 0.3 is 0 Å². The third-order valence-corrected chi connectivity index (χ3v) is 6.24. The number of nitrogens with zero attached hydrogens (tertiary/aromatic N) is 5. The smallest absolute Gasteiger partial charge is 0.255 e. The number of carbonyl (C=O) groups is 1. The number of hydrogen-bond acceptors (Lipinski definition) is 7. The molecule has 3 N–H and O–H groups in total. The molecule has 1 amide bonds. The van der Waals surface area contributed by atoms with Crippen molar-refractivity contribution >= 4 is 17.2 Å². The normalized spacial score (nSPS) is 12.1. The van der Waals surface area contributed by atoms with Gasteiger partial charge < -0.3 is 15.4 Å². The van der Waals surface area contributed by atoms with Crippen molar-refractivity contribution in [3.8, 4) is 16.5 Å². The number of aliphatic hydroxyl groups excluding tert-OH is 1. The van der Waals surface area contributed by atoms with Gasteiger partial charge in [-0.3, -0.25) is 4.79 Å². The average Bonchev–Trinajstić information content (AvgIpc) is 3.59. The Morgan fingerprint density at radius 3 is 2.91 bits per heavy atom. The molecule has 1 atom stereocenters. The van der Waals surface area contributed by atoms with Crippen LogP contribution in [0.5, 0.6) is 0 Å². The number of nitrogens with one attached hydrogen (secondary N) is 2. The Bertz CT molecular complexity index is 1190. The van der Waals surface area contributed by atoms with E-state index < -0.39 is 6.04 Å². The first-order valence-electron chi connectivity index (χ1n) is 10.9. The van der Waals surface area contributed by atoms with Crippen LogP contribution in [0.15, 0.2) is 42.4 Å². The molecule has 0 fully saturated rings. The number of unbranched alkanes of at least 4 members (excludes halogenated alkanes) is 1. The molecular weight excluding hydrogens is 438 g/mol. The minimum atomic E-state index is -0.443. The van der Waals surface area contributed by atoms with Crippen LogP contribution in [0.25, 0.3) is 16.5 Å². The zero-order valence-electron chi connectivity index (χ0n) is 18.7. The van der Waals surface area contributed by atoms with Crippen molar-refractivity contribution in [2.45, 2.75) is 45.6 Å². The molecule has 0 radical (unpaired) electrons. The molecule has 4 aromatic rings. The van der Waals surface area contributed by atoms with Crippen LogP contribution in [0.3, 0.4) is 0 Å². The standard InChI is InChI=1S/C23H27N7O2S/c1-3-4-6-19-18(22(32)28-17(13-31)9-16-11-24-14-26-16)12-27-30(19)23-25-10-15(2)21(29-23)20-7-5-8-33-20/h5,7-8,10-12,14,17,31H,3-4,6,9,13H2,1-2H3,(H,24,26)(H,28,32)/t17-/m1/s1. The van der Waals surface area contributed by atoms with Crippen LogP contribution in [-0.2, 0) is 12.8 Å². The number of H-pyrrole nitrogens is 1. The molecule has 4 heterocycles. The van der Waals surface area contributed by atoms with Gasteiger partial charge in [-0.25, -0.2) is 19.6 Å². The molecule has 0 aliphatic carbocycles. The minimum Gasteiger partial charge on any atom is -0.394 e. The fourth-order valence-electron chi connectivity index (χ4n) is 3.60. The molecule has 33 heavy (non-hydrogen) atoms. The van der Waals surface area contributed by atoms with Crippen LogP contribution in [0, 0.1) is 6.92 Å². The summed E-state index contributed by atoms with van der Waals surface area (Å²) in [4.78, 5) is 30.4. The van der Waals surface area contributed by atoms with Crippen LogP contribution in [-0.4, -0.2) is 53.4 Å². The van der Waals surface area contributed by atoms with Crippen molar-refractivity contribution in [1.29, 1.82) is 0 Å². The summed E-state index contributed by atoms with van der Waals surface area (Å²) in [5.74, 6) is 0.154. The van der Waals surface area contributed by atoms with Gasteiger partial charge in [0.15, 0.2) is 0 Å². The topological polar surface area (TPSA) is 122 Å². The maximum absolute atomic E-state index is 13.1. The van der Waals surface area contributed by atoms with Gasteiger partial charge in [0.2, 0.25) is 0 Å². The third kappa shape index (κ3) is 5.18. The van der Waals surface area contributed by atoms with E-state index in [1.54, 1.807) is 40.9 Å². The van der Waals surface area contributed by atoms with Crippen molar-refractivity contribution in [1.82, 2.24) is 35.0 Å². The quantitative estimate of drug-likeness (QED) is 0.331. The molecule has 0 aliphatic heterocycles. The number of rotatable bonds is 10. The lowest BCUT2D eigenvalue weighted by Gasteiger charge is -2.16. The van der Waals surface area contributed by atoms with E-state index in [1.807, 2.05) is 24.4 Å². The molecule has 0 saturated carbocycles. The molecule has 0 bridgehead atoms. The van der Waals surface area contributed by atoms with Gasteiger partial charge in [-0.2, -0.15) is 5.10 Å². The fraction of sp³-hybridized carbons (Fsp3) is 0.348. The Morgan fingerprint density at radius 2 is 2.21 bits per heavy atom. The van der Waals surface area contributed by atoms with Gasteiger partial charge in [0.25, 0.3) is 11.9 Å². The number of aryl methyl sites for hydroxylation is 1. The number of carbonyl (C=O) groups excluding carboxylic acids is 1. The van der Waals surface area contributed by atoms with E-state index in [4.69, 9.17) is 4.98 Å². The molecule has 4 rings (SSSR count). The monoisotopic (exact) mass is 465 g/mol. The van der Waals surface area contributed by atoms with Crippen molar-refractivity contribution in [3.63, 3.8) is 0 Å². The number of aromatic amines is 1. The predicted molar refractivity (Wildman–Crippen MR) is 126 cm³/mol. The van der Waals surface area contributed by atoms with Crippen LogP contribution in [0.4, 0.5) is 0 Å². The fourth-order valence-corrected chi connectivity index (χ4v) is 4.38. The minimum absolute atomic E-state index is 0.186. The zero-order chi connectivity index (χ0) is 23.2. The molecule has 9 nitrogen and oxygen atoms in total. The average molecular weight is 466 g/mol. The SMILES string of the molecule is CCCCc1c(C(=O)N[C@@H](CO)Cc2cnc[nH]2)cnn1-c1ncc(C)c(-c2cccs2)n1. The summed E-state index contributed by atoms with van der Waals surface area (Å²) in [6.45, 7) is 3.89. The van der Waals surface area contributed by atoms with E-state index in [2.05, 4.69) is 32.3 Å². The van der Waals surface area contributed by atoms with E-state index in [0.717, 1.165) is 40.4 Å². The highest BCUT2D eigenvalue weighted by molar-refractivity contribution is 7.13. The molecule has 0 aromatic carbocycles. The Balaban J connectivity index is 1.64. The van der Waals surface area contributed by atoms with E-state index in [9.17, 15) is 9.90 Å². The second-order valence-corrected chi connectivity index (χ2v) is 8.78. The van der Waals surface area contributed by atoms with Crippen molar-refractivity contribution in [3.05, 3.63) is 64.9 Å². The Kier molecular flexibility index (Phi) is 7.26. The summed E-state index contributed by atoms with van der Waals surface area (Å²) < 4.78 is 1.66. The van der Waals surface area contributed by atoms with Gasteiger partial charge in [-0.15, -0.1) is 11.3 Å². The Labute approximate surface area is 196 Å². The highest BCUT2D eigenvalue weighted by Crippen LogP contribution is 2.26. The first-order valence-corrected chi connectivity index (χ1v) is 11.8. The summed E-state index contributed by atoms with van der Waals surface area (Å²) in [5.41, 5.74) is 3.90. The van der Waals surface area contributed by atoms with Crippen molar-refractivity contribution in [2.75, 3.05) is 6.61 Å². The number of hydrogen-bond donors (Lipinski definition) is 3. The van der Waals surface area contributed by atoms with Gasteiger partial charge in [0, 0.05) is 24.5 Å². The van der Waals surface area contributed by atoms with E-state index >= 15 is 0 Å². The second kappa shape index (κ2) is 10.5. The van der Waals surface area contributed by atoms with Gasteiger partial charge in [0.1, 0.15) is 0 Å². The summed E-state index contributed by atoms with van der Waals surface area (Å²) in [6, 6.07) is 3.57. The zero-order valence-corrected chi connectivity index (χ0v) is 19.5. The van der Waals surface area contributed by atoms with E-state index in [-0.39, 0.29) is 12.5 Å². The lowest BCUT2D eigenvalue weighted by molar-refractivity contribution is 0.0915. The molecule has 0 spiro atoms. The number of imidazole rings is 1. The third-order valence-electron chi connectivity index (χ3n) is 5.36. The molecule has 172 valence electrons. The Morgan fingerprint density at radius 1 is 1.33 bits per heavy atom. The maximum atomic E-state index is 13.1. The highest BCUT2D eigenvalue weighted by Gasteiger charge is 2.22. The van der Waals surface area contributed by atoms with Crippen LogP contribution < -0.4 is 5.32 Å². The first kappa shape index (κ1) is 22.8. The predicted octanol–water partition coefficient (Wildman–Crippen LogP) is 3.10. The molecule has 4 aromatic heterocycles. The van der Waals surface area contributed by atoms with Crippen LogP contribution in [0.2, 0.25) is 0 Å². The number of thiophene rings is 1. The lowest BCUT2D eigenvalue weighted by atomic mass is 10.1. The first-order chi connectivity index (χ1) is 16.1. The van der Waals surface area contributed by atoms with Gasteiger partial charge in [0.05, 0.1) is 47.0 Å². The number of aromatic nitrogens is 6. The number of aliphatic hydroxyl groups is 1. The van der Waals surface area contributed by atoms with E-state index in [0.29, 0.717) is 24.4 Å². The summed E-state index contributed by atoms with van der Waals surface area (Å²) in [6.07, 6.45) is 9.58. The van der Waals surface area contributed by atoms with Gasteiger partial charge in [-0.05, 0) is 36.8 Å². The lowest BCUT2D eigenvalue weighted by Crippen LogP contribution is -2.39. The van der Waals surface area contributed by atoms with Crippen LogP contribution in [0.1, 0.15) is 47.1 Å². The summed E-state index contributed by atoms with van der Waals surface area (Å²) >= 11 is 1.62. The summed E-state index contributed by atoms with van der Waals surface area (Å²) in [7, 11) is 0. The van der Waals surface area contributed by atoms with Crippen molar-refractivity contribution < 1.29 is 9.90 Å². The van der Waals surface area contributed by atoms with E-state index in [1.165, 1.54) is 0 Å². The Hall–Kier alpha value is -3.37. The summed E-state index contributed by atoms with van der Waals surface area (Å²) in [5, 5.41) is 19.2. The molecule has 0 saturated heterocycles.